The number of hydrogen-bond donors (Lipinski definition) is 1. The van der Waals surface area contributed by atoms with Crippen LogP contribution in [0.5, 0.6) is 0 Å². The molecule has 2 heterocycles. The summed E-state index contributed by atoms with van der Waals surface area (Å²) < 4.78 is 27.4. The first-order chi connectivity index (χ1) is 13.4. The fourth-order valence-electron chi connectivity index (χ4n) is 3.99. The molecule has 0 aromatic heterocycles. The first kappa shape index (κ1) is 18.6. The van der Waals surface area contributed by atoms with E-state index in [1.807, 2.05) is 11.9 Å². The van der Waals surface area contributed by atoms with Crippen LogP contribution >= 0.6 is 0 Å². The highest BCUT2D eigenvalue weighted by Crippen LogP contribution is 2.30. The summed E-state index contributed by atoms with van der Waals surface area (Å²) in [5.74, 6) is 0.0890. The smallest absolute Gasteiger partial charge is 0.219 e. The van der Waals surface area contributed by atoms with Crippen molar-refractivity contribution in [2.24, 2.45) is 10.9 Å². The van der Waals surface area contributed by atoms with Crippen molar-refractivity contribution in [1.29, 1.82) is 0 Å². The van der Waals surface area contributed by atoms with E-state index in [4.69, 9.17) is 4.99 Å². The molecule has 2 aromatic carbocycles. The van der Waals surface area contributed by atoms with Crippen molar-refractivity contribution in [3.05, 3.63) is 54.1 Å². The first-order valence-corrected chi connectivity index (χ1v) is 9.31. The molecule has 2 aliphatic heterocycles. The van der Waals surface area contributed by atoms with E-state index in [2.05, 4.69) is 10.4 Å². The van der Waals surface area contributed by atoms with E-state index in [1.54, 1.807) is 31.2 Å². The third kappa shape index (κ3) is 3.49. The van der Waals surface area contributed by atoms with Gasteiger partial charge in [-0.2, -0.15) is 0 Å². The highest BCUT2D eigenvalue weighted by Gasteiger charge is 2.41. The van der Waals surface area contributed by atoms with E-state index in [-0.39, 0.29) is 17.4 Å². The lowest BCUT2D eigenvalue weighted by Crippen LogP contribution is -2.47. The Bertz CT molecular complexity index is 929. The van der Waals surface area contributed by atoms with Gasteiger partial charge in [-0.05, 0) is 42.3 Å². The maximum absolute atomic E-state index is 14.0. The van der Waals surface area contributed by atoms with Crippen molar-refractivity contribution in [2.45, 2.75) is 19.4 Å². The Hall–Kier alpha value is -2.80. The molecule has 4 rings (SSSR count). The van der Waals surface area contributed by atoms with Gasteiger partial charge in [-0.1, -0.05) is 12.1 Å². The van der Waals surface area contributed by atoms with Crippen LogP contribution in [0.2, 0.25) is 0 Å². The molecule has 7 heteroatoms. The number of amides is 1. The average Bonchev–Trinajstić information content (AvgIpc) is 2.99. The molecule has 0 radical (unpaired) electrons. The number of piperidine rings is 1. The number of aliphatic imine (C=N–C) groups is 1. The third-order valence-electron chi connectivity index (χ3n) is 5.52. The summed E-state index contributed by atoms with van der Waals surface area (Å²) in [7, 11) is 1.99. The zero-order chi connectivity index (χ0) is 19.8. The Morgan fingerprint density at radius 2 is 1.93 bits per heavy atom. The minimum Gasteiger partial charge on any atom is -0.342 e. The maximum atomic E-state index is 14.0. The molecule has 2 fully saturated rings. The summed E-state index contributed by atoms with van der Waals surface area (Å²) in [6.07, 6.45) is 0.893. The van der Waals surface area contributed by atoms with Gasteiger partial charge in [0.05, 0.1) is 11.6 Å². The van der Waals surface area contributed by atoms with Crippen molar-refractivity contribution in [2.75, 3.05) is 20.1 Å². The second kappa shape index (κ2) is 7.31. The van der Waals surface area contributed by atoms with E-state index in [0.717, 1.165) is 36.6 Å². The average molecular weight is 384 g/mol. The SMILES string of the molecule is CC(=O)N1CCC2C(C1)C(=Nc1ccc(-c3cc(F)ccc3F)cc1)NN2C. The van der Waals surface area contributed by atoms with E-state index in [0.29, 0.717) is 18.2 Å². The maximum Gasteiger partial charge on any atom is 0.219 e. The van der Waals surface area contributed by atoms with Crippen LogP contribution in [0.3, 0.4) is 0 Å². The number of carbonyl (C=O) groups excluding carboxylic acids is 1. The van der Waals surface area contributed by atoms with Gasteiger partial charge in [0.2, 0.25) is 5.91 Å². The molecule has 0 saturated carbocycles. The van der Waals surface area contributed by atoms with Gasteiger partial charge in [0.15, 0.2) is 0 Å². The van der Waals surface area contributed by atoms with Gasteiger partial charge in [0.1, 0.15) is 17.5 Å². The lowest BCUT2D eigenvalue weighted by Gasteiger charge is -2.34. The van der Waals surface area contributed by atoms with Gasteiger partial charge in [-0.3, -0.25) is 4.79 Å². The summed E-state index contributed by atoms with van der Waals surface area (Å²) in [6, 6.07) is 10.8. The quantitative estimate of drug-likeness (QED) is 0.864. The van der Waals surface area contributed by atoms with Crippen molar-refractivity contribution in [3.8, 4) is 11.1 Å². The minimum absolute atomic E-state index is 0.0776. The molecule has 28 heavy (non-hydrogen) atoms. The number of hydrazine groups is 1. The zero-order valence-electron chi connectivity index (χ0n) is 15.8. The Kier molecular flexibility index (Phi) is 4.85. The van der Waals surface area contributed by atoms with Crippen molar-refractivity contribution in [3.63, 3.8) is 0 Å². The Balaban J connectivity index is 1.58. The molecular formula is C21H22F2N4O. The molecule has 146 valence electrons. The fourth-order valence-corrected chi connectivity index (χ4v) is 3.99. The third-order valence-corrected chi connectivity index (χ3v) is 5.52. The van der Waals surface area contributed by atoms with Gasteiger partial charge in [0.25, 0.3) is 0 Å². The van der Waals surface area contributed by atoms with Crippen LogP contribution in [0.1, 0.15) is 13.3 Å². The predicted molar refractivity (Wildman–Crippen MR) is 104 cm³/mol. The summed E-state index contributed by atoms with van der Waals surface area (Å²) in [4.78, 5) is 18.3. The van der Waals surface area contributed by atoms with Crippen molar-refractivity contribution >= 4 is 17.4 Å². The number of rotatable bonds is 2. The summed E-state index contributed by atoms with van der Waals surface area (Å²) in [5.41, 5.74) is 4.84. The number of hydrogen-bond acceptors (Lipinski definition) is 3. The molecule has 1 N–H and O–H groups in total. The van der Waals surface area contributed by atoms with Crippen molar-refractivity contribution in [1.82, 2.24) is 15.3 Å². The Morgan fingerprint density at radius 1 is 1.18 bits per heavy atom. The second-order valence-corrected chi connectivity index (χ2v) is 7.32. The van der Waals surface area contributed by atoms with E-state index in [9.17, 15) is 13.6 Å². The first-order valence-electron chi connectivity index (χ1n) is 9.31. The largest absolute Gasteiger partial charge is 0.342 e. The summed E-state index contributed by atoms with van der Waals surface area (Å²) in [5, 5.41) is 2.05. The molecule has 5 nitrogen and oxygen atoms in total. The number of nitrogens with zero attached hydrogens (tertiary/aromatic N) is 3. The topological polar surface area (TPSA) is 47.9 Å². The van der Waals surface area contributed by atoms with Crippen LogP contribution in [0.15, 0.2) is 47.5 Å². The summed E-state index contributed by atoms with van der Waals surface area (Å²) >= 11 is 0. The molecule has 0 aliphatic carbocycles. The number of nitrogens with one attached hydrogen (secondary N) is 1. The molecule has 2 aromatic rings. The van der Waals surface area contributed by atoms with Gasteiger partial charge in [-0.25, -0.2) is 18.8 Å². The highest BCUT2D eigenvalue weighted by molar-refractivity contribution is 5.90. The monoisotopic (exact) mass is 384 g/mol. The zero-order valence-corrected chi connectivity index (χ0v) is 15.8. The van der Waals surface area contributed by atoms with E-state index < -0.39 is 11.6 Å². The molecule has 0 bridgehead atoms. The number of fused-ring (bicyclic) bond motifs is 1. The summed E-state index contributed by atoms with van der Waals surface area (Å²) in [6.45, 7) is 2.99. The van der Waals surface area contributed by atoms with Crippen LogP contribution < -0.4 is 5.43 Å². The second-order valence-electron chi connectivity index (χ2n) is 7.32. The number of likely N-dealkylation sites (tertiary alicyclic amines) is 1. The fraction of sp³-hybridized carbons (Fsp3) is 0.333. The van der Waals surface area contributed by atoms with E-state index >= 15 is 0 Å². The number of halogens is 2. The highest BCUT2D eigenvalue weighted by atomic mass is 19.1. The predicted octanol–water partition coefficient (Wildman–Crippen LogP) is 3.35. The van der Waals surface area contributed by atoms with Crippen LogP contribution in [0.4, 0.5) is 14.5 Å². The molecule has 2 unspecified atom stereocenters. The molecule has 2 aliphatic rings. The van der Waals surface area contributed by atoms with Crippen LogP contribution in [0, 0.1) is 17.6 Å². The number of carbonyl (C=O) groups is 1. The minimum atomic E-state index is -0.475. The van der Waals surface area contributed by atoms with Crippen molar-refractivity contribution < 1.29 is 13.6 Å². The van der Waals surface area contributed by atoms with Gasteiger partial charge in [0, 0.05) is 38.7 Å². The van der Waals surface area contributed by atoms with Crippen LogP contribution in [-0.4, -0.2) is 47.8 Å². The molecular weight excluding hydrogens is 362 g/mol. The molecule has 1 amide bonds. The Morgan fingerprint density at radius 3 is 2.64 bits per heavy atom. The van der Waals surface area contributed by atoms with Crippen LogP contribution in [0.25, 0.3) is 11.1 Å². The lowest BCUT2D eigenvalue weighted by molar-refractivity contribution is -0.130. The number of benzene rings is 2. The van der Waals surface area contributed by atoms with Gasteiger partial charge < -0.3 is 10.3 Å². The molecule has 2 saturated heterocycles. The standard InChI is InChI=1S/C21H22F2N4O/c1-13(28)27-10-9-20-18(12-27)21(25-26(20)2)24-16-6-3-14(4-7-16)17-11-15(22)5-8-19(17)23/h3-8,11,18,20H,9-10,12H2,1-2H3,(H,24,25). The lowest BCUT2D eigenvalue weighted by atomic mass is 9.92. The van der Waals surface area contributed by atoms with Gasteiger partial charge >= 0.3 is 0 Å². The van der Waals surface area contributed by atoms with Crippen LogP contribution in [-0.2, 0) is 4.79 Å². The molecule has 2 atom stereocenters. The normalized spacial score (nSPS) is 23.6. The molecule has 0 spiro atoms. The van der Waals surface area contributed by atoms with E-state index in [1.165, 1.54) is 6.07 Å². The Labute approximate surface area is 162 Å². The van der Waals surface area contributed by atoms with Gasteiger partial charge in [-0.15, -0.1) is 0 Å². The number of amidine groups is 1.